The van der Waals surface area contributed by atoms with Crippen molar-refractivity contribution >= 4 is 17.5 Å². The number of hydrogen-bond donors (Lipinski definition) is 0. The van der Waals surface area contributed by atoms with Crippen LogP contribution >= 0.6 is 11.8 Å². The highest BCUT2D eigenvalue weighted by Crippen LogP contribution is 2.33. The lowest BCUT2D eigenvalue weighted by molar-refractivity contribution is 0.102. The van der Waals surface area contributed by atoms with E-state index in [1.807, 2.05) is 33.0 Å². The molecule has 1 fully saturated rings. The molecule has 26 heavy (non-hydrogen) atoms. The first-order valence-corrected chi connectivity index (χ1v) is 10.3. The van der Waals surface area contributed by atoms with Crippen LogP contribution in [-0.2, 0) is 13.6 Å². The van der Waals surface area contributed by atoms with Gasteiger partial charge in [0.05, 0.1) is 5.75 Å². The minimum atomic E-state index is 0.142. The maximum atomic E-state index is 12.7. The van der Waals surface area contributed by atoms with Gasteiger partial charge in [0, 0.05) is 36.5 Å². The predicted octanol–water partition coefficient (Wildman–Crippen LogP) is 4.44. The third kappa shape index (κ3) is 3.80. The van der Waals surface area contributed by atoms with Crippen LogP contribution in [0.1, 0.15) is 65.6 Å². The normalized spacial score (nSPS) is 15.3. The smallest absolute Gasteiger partial charge is 0.191 e. The van der Waals surface area contributed by atoms with Crippen molar-refractivity contribution in [3.63, 3.8) is 0 Å². The number of carbonyl (C=O) groups excluding carboxylic acids is 1. The minimum absolute atomic E-state index is 0.142. The largest absolute Gasteiger partial charge is 0.351 e. The summed E-state index contributed by atoms with van der Waals surface area (Å²) in [6.45, 7) is 8.58. The van der Waals surface area contributed by atoms with E-state index in [2.05, 4.69) is 25.9 Å². The Labute approximate surface area is 159 Å². The van der Waals surface area contributed by atoms with Gasteiger partial charge in [-0.05, 0) is 32.8 Å². The molecule has 2 aromatic heterocycles. The molecule has 6 heteroatoms. The highest BCUT2D eigenvalue weighted by molar-refractivity contribution is 7.99. The summed E-state index contributed by atoms with van der Waals surface area (Å²) in [5.41, 5.74) is 2.92. The number of nitrogens with zero attached hydrogens (tertiary/aromatic N) is 4. The van der Waals surface area contributed by atoms with Crippen molar-refractivity contribution in [2.75, 3.05) is 5.75 Å². The lowest BCUT2D eigenvalue weighted by Gasteiger charge is -2.21. The van der Waals surface area contributed by atoms with E-state index < -0.39 is 0 Å². The summed E-state index contributed by atoms with van der Waals surface area (Å²) in [5.74, 6) is 2.07. The van der Waals surface area contributed by atoms with E-state index in [1.54, 1.807) is 0 Å². The van der Waals surface area contributed by atoms with Crippen LogP contribution in [0.25, 0.3) is 0 Å². The van der Waals surface area contributed by atoms with Gasteiger partial charge in [0.2, 0.25) is 0 Å². The van der Waals surface area contributed by atoms with Gasteiger partial charge in [-0.1, -0.05) is 37.1 Å². The first-order valence-electron chi connectivity index (χ1n) is 9.35. The number of rotatable bonds is 7. The molecule has 0 N–H and O–H groups in total. The topological polar surface area (TPSA) is 52.7 Å². The van der Waals surface area contributed by atoms with Gasteiger partial charge < -0.3 is 9.13 Å². The first-order chi connectivity index (χ1) is 12.5. The number of aryl methyl sites for hydroxylation is 1. The van der Waals surface area contributed by atoms with Gasteiger partial charge >= 0.3 is 0 Å². The number of Topliss-reactive ketones (excluding diaryl/α,β-unsaturated/α-hetero) is 1. The van der Waals surface area contributed by atoms with Crippen LogP contribution in [0.2, 0.25) is 0 Å². The Morgan fingerprint density at radius 3 is 2.65 bits per heavy atom. The number of aromatic nitrogens is 4. The second kappa shape index (κ2) is 8.25. The van der Waals surface area contributed by atoms with Crippen molar-refractivity contribution in [1.82, 2.24) is 19.3 Å². The van der Waals surface area contributed by atoms with Crippen molar-refractivity contribution in [2.45, 2.75) is 63.6 Å². The molecule has 0 saturated heterocycles. The van der Waals surface area contributed by atoms with Crippen LogP contribution in [0.15, 0.2) is 23.9 Å². The van der Waals surface area contributed by atoms with E-state index in [0.29, 0.717) is 18.2 Å². The second-order valence-corrected chi connectivity index (χ2v) is 8.07. The number of allylic oxidation sites excluding steroid dienone is 1. The molecule has 0 bridgehead atoms. The molecule has 2 heterocycles. The molecule has 5 nitrogen and oxygen atoms in total. The summed E-state index contributed by atoms with van der Waals surface area (Å²) >= 11 is 1.48. The molecule has 0 radical (unpaired) electrons. The lowest BCUT2D eigenvalue weighted by atomic mass is 9.89. The van der Waals surface area contributed by atoms with Gasteiger partial charge in [-0.2, -0.15) is 0 Å². The molecular formula is C20H28N4OS. The van der Waals surface area contributed by atoms with Gasteiger partial charge in [-0.3, -0.25) is 4.79 Å². The van der Waals surface area contributed by atoms with E-state index in [4.69, 9.17) is 0 Å². The Morgan fingerprint density at radius 2 is 2.04 bits per heavy atom. The van der Waals surface area contributed by atoms with E-state index >= 15 is 0 Å². The van der Waals surface area contributed by atoms with Crippen LogP contribution in [0.3, 0.4) is 0 Å². The molecule has 1 aliphatic carbocycles. The quantitative estimate of drug-likeness (QED) is 0.409. The van der Waals surface area contributed by atoms with E-state index in [-0.39, 0.29) is 5.78 Å². The Morgan fingerprint density at radius 1 is 1.31 bits per heavy atom. The second-order valence-electron chi connectivity index (χ2n) is 7.13. The van der Waals surface area contributed by atoms with E-state index in [9.17, 15) is 4.79 Å². The molecule has 0 amide bonds. The zero-order valence-electron chi connectivity index (χ0n) is 16.0. The maximum Gasteiger partial charge on any atom is 0.191 e. The Balaban J connectivity index is 1.74. The summed E-state index contributed by atoms with van der Waals surface area (Å²) < 4.78 is 4.20. The van der Waals surface area contributed by atoms with Gasteiger partial charge in [0.15, 0.2) is 10.9 Å². The number of carbonyl (C=O) groups is 1. The third-order valence-corrected chi connectivity index (χ3v) is 6.40. The Hall–Kier alpha value is -1.82. The van der Waals surface area contributed by atoms with E-state index in [0.717, 1.165) is 27.9 Å². The van der Waals surface area contributed by atoms with Crippen LogP contribution in [0.5, 0.6) is 0 Å². The summed E-state index contributed by atoms with van der Waals surface area (Å²) in [6, 6.07) is 1.97. The van der Waals surface area contributed by atoms with Crippen molar-refractivity contribution in [1.29, 1.82) is 0 Å². The lowest BCUT2D eigenvalue weighted by Crippen LogP contribution is -2.13. The summed E-state index contributed by atoms with van der Waals surface area (Å²) in [5, 5.41) is 9.69. The maximum absolute atomic E-state index is 12.7. The molecule has 1 aliphatic rings. The fourth-order valence-corrected chi connectivity index (χ4v) is 4.55. The zero-order chi connectivity index (χ0) is 18.7. The van der Waals surface area contributed by atoms with Gasteiger partial charge in [0.1, 0.15) is 5.82 Å². The highest BCUT2D eigenvalue weighted by atomic mass is 32.2. The van der Waals surface area contributed by atoms with Crippen molar-refractivity contribution in [2.24, 2.45) is 7.05 Å². The Kier molecular flexibility index (Phi) is 6.01. The molecule has 140 valence electrons. The molecular weight excluding hydrogens is 344 g/mol. The number of ketones is 1. The number of thioether (sulfide) groups is 1. The summed E-state index contributed by atoms with van der Waals surface area (Å²) in [6.07, 6.45) is 8.09. The average molecular weight is 373 g/mol. The average Bonchev–Trinajstić information content (AvgIpc) is 3.17. The zero-order valence-corrected chi connectivity index (χ0v) is 16.8. The molecule has 0 atom stereocenters. The predicted molar refractivity (Wildman–Crippen MR) is 106 cm³/mol. The SMILES string of the molecule is C=CCn1c(SCC(=O)c2cc(C)n(C)c2C)nnc1C1CCCCC1. The molecule has 3 rings (SSSR count). The molecule has 0 aromatic carbocycles. The highest BCUT2D eigenvalue weighted by Gasteiger charge is 2.23. The first kappa shape index (κ1) is 19.0. The minimum Gasteiger partial charge on any atom is -0.351 e. The molecule has 1 saturated carbocycles. The van der Waals surface area contributed by atoms with Crippen LogP contribution in [0.4, 0.5) is 0 Å². The molecule has 0 aliphatic heterocycles. The monoisotopic (exact) mass is 372 g/mol. The van der Waals surface area contributed by atoms with Crippen LogP contribution in [0, 0.1) is 13.8 Å². The van der Waals surface area contributed by atoms with Crippen LogP contribution < -0.4 is 0 Å². The van der Waals surface area contributed by atoms with Crippen molar-refractivity contribution in [3.05, 3.63) is 41.5 Å². The fraction of sp³-hybridized carbons (Fsp3) is 0.550. The van der Waals surface area contributed by atoms with Crippen molar-refractivity contribution < 1.29 is 4.79 Å². The standard InChI is InChI=1S/C20H28N4OS/c1-5-11-24-19(16-9-7-6-8-10-16)21-22-20(24)26-13-18(25)17-12-14(2)23(4)15(17)3/h5,12,16H,1,6-11,13H2,2-4H3. The van der Waals surface area contributed by atoms with Gasteiger partial charge in [0.25, 0.3) is 0 Å². The number of hydrogen-bond acceptors (Lipinski definition) is 4. The summed E-state index contributed by atoms with van der Waals surface area (Å²) in [7, 11) is 1.99. The molecule has 0 unspecified atom stereocenters. The summed E-state index contributed by atoms with van der Waals surface area (Å²) in [4.78, 5) is 12.7. The van der Waals surface area contributed by atoms with Crippen molar-refractivity contribution in [3.8, 4) is 0 Å². The fourth-order valence-electron chi connectivity index (χ4n) is 3.72. The molecule has 0 spiro atoms. The Bertz CT molecular complexity index is 799. The molecule has 2 aromatic rings. The van der Waals surface area contributed by atoms with Gasteiger partial charge in [-0.25, -0.2) is 0 Å². The van der Waals surface area contributed by atoms with Crippen LogP contribution in [-0.4, -0.2) is 30.9 Å². The third-order valence-electron chi connectivity index (χ3n) is 5.44. The van der Waals surface area contributed by atoms with Gasteiger partial charge in [-0.15, -0.1) is 16.8 Å². The van der Waals surface area contributed by atoms with E-state index in [1.165, 1.54) is 43.9 Å².